The van der Waals surface area contributed by atoms with Gasteiger partial charge in [-0.25, -0.2) is 4.42 Å². The summed E-state index contributed by atoms with van der Waals surface area (Å²) >= 11 is 6.10. The third-order valence-electron chi connectivity index (χ3n) is 5.38. The minimum atomic E-state index is -0.0952. The van der Waals surface area contributed by atoms with Gasteiger partial charge in [-0.3, -0.25) is 4.79 Å². The van der Waals surface area contributed by atoms with Crippen LogP contribution in [0.1, 0.15) is 24.8 Å². The number of piperidine rings is 1. The second-order valence-corrected chi connectivity index (χ2v) is 7.17. The first-order valence-corrected chi connectivity index (χ1v) is 8.80. The highest BCUT2D eigenvalue weighted by molar-refractivity contribution is 6.13. The maximum atomic E-state index is 11.9. The second-order valence-electron chi connectivity index (χ2n) is 6.69. The van der Waals surface area contributed by atoms with Gasteiger partial charge in [0.2, 0.25) is 0 Å². The first-order chi connectivity index (χ1) is 11.2. The highest BCUT2D eigenvalue weighted by Gasteiger charge is 2.35. The molecular formula is C18H25ClN2O2. The maximum Gasteiger partial charge on any atom is 0.305 e. The highest BCUT2D eigenvalue weighted by atomic mass is 35.5. The van der Waals surface area contributed by atoms with E-state index in [0.29, 0.717) is 24.2 Å². The zero-order valence-corrected chi connectivity index (χ0v) is 14.4. The average molecular weight is 337 g/mol. The smallest absolute Gasteiger partial charge is 0.305 e. The predicted molar refractivity (Wildman–Crippen MR) is 92.4 cm³/mol. The molecule has 0 amide bonds. The van der Waals surface area contributed by atoms with Crippen LogP contribution in [0.15, 0.2) is 24.3 Å². The number of fused-ring (bicyclic) bond motifs is 1. The van der Waals surface area contributed by atoms with Crippen molar-refractivity contribution in [3.8, 4) is 0 Å². The monoisotopic (exact) mass is 336 g/mol. The number of nitrogens with zero attached hydrogens (tertiary/aromatic N) is 1. The van der Waals surface area contributed by atoms with E-state index >= 15 is 0 Å². The van der Waals surface area contributed by atoms with E-state index < -0.39 is 0 Å². The van der Waals surface area contributed by atoms with Gasteiger partial charge in [0.15, 0.2) is 0 Å². The lowest BCUT2D eigenvalue weighted by Crippen LogP contribution is -2.39. The number of methoxy groups -OCH3 is 1. The Morgan fingerprint density at radius 3 is 2.83 bits per heavy atom. The third kappa shape index (κ3) is 3.99. The molecular weight excluding hydrogens is 312 g/mol. The Morgan fingerprint density at radius 1 is 1.35 bits per heavy atom. The molecule has 0 spiro atoms. The van der Waals surface area contributed by atoms with E-state index in [-0.39, 0.29) is 5.97 Å². The number of carbonyl (C=O) groups excluding carboxylic acids is 1. The van der Waals surface area contributed by atoms with Crippen LogP contribution in [0.3, 0.4) is 0 Å². The summed E-state index contributed by atoms with van der Waals surface area (Å²) in [4.78, 5) is 11.9. The molecule has 1 aromatic carbocycles. The van der Waals surface area contributed by atoms with Gasteiger partial charge in [0.05, 0.1) is 7.11 Å². The van der Waals surface area contributed by atoms with Crippen LogP contribution < -0.4 is 5.32 Å². The number of esters is 1. The number of anilines is 1. The SMILES string of the molecule is COC(=O)CC(C1CCN(Cl)CC1)C1CNc2ccccc2C1. The normalized spacial score (nSPS) is 23.7. The molecule has 1 N–H and O–H groups in total. The lowest BCUT2D eigenvalue weighted by atomic mass is 9.72. The number of hydrogen-bond donors (Lipinski definition) is 1. The van der Waals surface area contributed by atoms with Gasteiger partial charge in [0, 0.05) is 31.7 Å². The van der Waals surface area contributed by atoms with Crippen LogP contribution in [-0.4, -0.2) is 37.1 Å². The van der Waals surface area contributed by atoms with Crippen molar-refractivity contribution in [3.63, 3.8) is 0 Å². The average Bonchev–Trinajstić information content (AvgIpc) is 2.60. The molecule has 3 rings (SSSR count). The molecule has 1 aromatic rings. The topological polar surface area (TPSA) is 41.6 Å². The second kappa shape index (κ2) is 7.54. The summed E-state index contributed by atoms with van der Waals surface area (Å²) in [7, 11) is 1.48. The zero-order chi connectivity index (χ0) is 16.2. The standard InChI is InChI=1S/C18H25ClN2O2/c1-23-18(22)11-16(13-6-8-21(19)9-7-13)15-10-14-4-2-3-5-17(14)20-12-15/h2-5,13,15-16,20H,6-12H2,1H3. The van der Waals surface area contributed by atoms with Crippen molar-refractivity contribution in [2.45, 2.75) is 25.7 Å². The Labute approximate surface area is 143 Å². The molecule has 4 nitrogen and oxygen atoms in total. The molecule has 2 unspecified atom stereocenters. The van der Waals surface area contributed by atoms with Crippen molar-refractivity contribution in [2.24, 2.45) is 17.8 Å². The number of nitrogens with one attached hydrogen (secondary N) is 1. The van der Waals surface area contributed by atoms with E-state index in [2.05, 4.69) is 29.6 Å². The fraction of sp³-hybridized carbons (Fsp3) is 0.611. The number of benzene rings is 1. The number of para-hydroxylation sites is 1. The Balaban J connectivity index is 1.74. The fourth-order valence-corrected chi connectivity index (χ4v) is 4.25. The molecule has 0 radical (unpaired) electrons. The number of carbonyl (C=O) groups is 1. The molecule has 126 valence electrons. The minimum absolute atomic E-state index is 0.0952. The summed E-state index contributed by atoms with van der Waals surface area (Å²) in [6.45, 7) is 2.74. The largest absolute Gasteiger partial charge is 0.469 e. The van der Waals surface area contributed by atoms with Gasteiger partial charge in [-0.15, -0.1) is 0 Å². The van der Waals surface area contributed by atoms with Gasteiger partial charge in [-0.2, -0.15) is 0 Å². The lowest BCUT2D eigenvalue weighted by Gasteiger charge is -2.39. The fourth-order valence-electron chi connectivity index (χ4n) is 4.06. The van der Waals surface area contributed by atoms with E-state index in [0.717, 1.165) is 38.9 Å². The number of rotatable bonds is 4. The Kier molecular flexibility index (Phi) is 5.44. The van der Waals surface area contributed by atoms with Crippen molar-refractivity contribution in [2.75, 3.05) is 32.1 Å². The molecule has 2 atom stereocenters. The van der Waals surface area contributed by atoms with Gasteiger partial charge in [0.1, 0.15) is 0 Å². The Morgan fingerprint density at radius 2 is 2.09 bits per heavy atom. The minimum Gasteiger partial charge on any atom is -0.469 e. The molecule has 0 saturated carbocycles. The summed E-state index contributed by atoms with van der Waals surface area (Å²) in [5, 5.41) is 3.54. The quantitative estimate of drug-likeness (QED) is 0.676. The van der Waals surface area contributed by atoms with Crippen molar-refractivity contribution in [1.29, 1.82) is 0 Å². The van der Waals surface area contributed by atoms with E-state index in [1.165, 1.54) is 18.4 Å². The first-order valence-electron chi connectivity index (χ1n) is 8.46. The molecule has 0 bridgehead atoms. The molecule has 2 heterocycles. The molecule has 23 heavy (non-hydrogen) atoms. The van der Waals surface area contributed by atoms with Crippen LogP contribution in [0.25, 0.3) is 0 Å². The predicted octanol–water partition coefficient (Wildman–Crippen LogP) is 3.32. The third-order valence-corrected chi connectivity index (χ3v) is 5.72. The van der Waals surface area contributed by atoms with E-state index in [9.17, 15) is 4.79 Å². The van der Waals surface area contributed by atoms with Crippen LogP contribution in [0.5, 0.6) is 0 Å². The summed E-state index contributed by atoms with van der Waals surface area (Å²) < 4.78 is 6.82. The van der Waals surface area contributed by atoms with Gasteiger partial charge >= 0.3 is 5.97 Å². The van der Waals surface area contributed by atoms with Crippen molar-refractivity contribution >= 4 is 23.4 Å². The van der Waals surface area contributed by atoms with Gasteiger partial charge in [-0.1, -0.05) is 18.2 Å². The van der Waals surface area contributed by atoms with E-state index in [1.54, 1.807) is 0 Å². The summed E-state index contributed by atoms with van der Waals surface area (Å²) in [6.07, 6.45) is 3.66. The van der Waals surface area contributed by atoms with Crippen LogP contribution >= 0.6 is 11.8 Å². The molecule has 0 aromatic heterocycles. The van der Waals surface area contributed by atoms with E-state index in [4.69, 9.17) is 16.5 Å². The molecule has 5 heteroatoms. The zero-order valence-electron chi connectivity index (χ0n) is 13.6. The molecule has 2 aliphatic heterocycles. The van der Waals surface area contributed by atoms with Crippen LogP contribution in [-0.2, 0) is 16.0 Å². The molecule has 2 aliphatic rings. The molecule has 1 saturated heterocycles. The summed E-state index contributed by atoms with van der Waals surface area (Å²) in [5.41, 5.74) is 2.59. The van der Waals surface area contributed by atoms with Gasteiger partial charge < -0.3 is 10.1 Å². The van der Waals surface area contributed by atoms with Crippen LogP contribution in [0.2, 0.25) is 0 Å². The summed E-state index contributed by atoms with van der Waals surface area (Å²) in [5.74, 6) is 1.27. The van der Waals surface area contributed by atoms with Crippen LogP contribution in [0.4, 0.5) is 5.69 Å². The van der Waals surface area contributed by atoms with Crippen molar-refractivity contribution in [1.82, 2.24) is 4.42 Å². The van der Waals surface area contributed by atoms with Gasteiger partial charge in [0.25, 0.3) is 0 Å². The Bertz CT molecular complexity index is 544. The molecule has 0 aliphatic carbocycles. The summed E-state index contributed by atoms with van der Waals surface area (Å²) in [6, 6.07) is 8.47. The number of halogens is 1. The lowest BCUT2D eigenvalue weighted by molar-refractivity contribution is -0.143. The van der Waals surface area contributed by atoms with Crippen molar-refractivity contribution < 1.29 is 9.53 Å². The van der Waals surface area contributed by atoms with Crippen molar-refractivity contribution in [3.05, 3.63) is 29.8 Å². The van der Waals surface area contributed by atoms with E-state index in [1.807, 2.05) is 4.42 Å². The number of ether oxygens (including phenoxy) is 1. The molecule has 1 fully saturated rings. The highest BCUT2D eigenvalue weighted by Crippen LogP contribution is 2.38. The van der Waals surface area contributed by atoms with Crippen LogP contribution in [0, 0.1) is 17.8 Å². The first kappa shape index (κ1) is 16.6. The number of hydrogen-bond acceptors (Lipinski definition) is 4. The van der Waals surface area contributed by atoms with Gasteiger partial charge in [-0.05, 0) is 60.4 Å². The maximum absolute atomic E-state index is 11.9. The Hall–Kier alpha value is -1.26.